The summed E-state index contributed by atoms with van der Waals surface area (Å²) in [7, 11) is 0. The van der Waals surface area contributed by atoms with Crippen molar-refractivity contribution in [3.05, 3.63) is 23.8 Å². The lowest BCUT2D eigenvalue weighted by molar-refractivity contribution is -0.0626. The highest BCUT2D eigenvalue weighted by Crippen LogP contribution is 2.28. The van der Waals surface area contributed by atoms with Gasteiger partial charge in [-0.05, 0) is 19.1 Å². The van der Waals surface area contributed by atoms with Crippen LogP contribution in [0.5, 0.6) is 11.5 Å². The van der Waals surface area contributed by atoms with E-state index in [1.54, 1.807) is 4.90 Å². The minimum absolute atomic E-state index is 0.0765. The van der Waals surface area contributed by atoms with Crippen LogP contribution in [0.4, 0.5) is 0 Å². The number of phenolic OH excluding ortho intramolecular Hbond substituents is 2. The SMILES string of the molecule is CC1CN(C(=O)c2c(O)cccc2O)CC(CN)O1. The molecule has 1 fully saturated rings. The summed E-state index contributed by atoms with van der Waals surface area (Å²) in [6.45, 7) is 2.93. The molecule has 1 aromatic carbocycles. The Balaban J connectivity index is 2.24. The number of rotatable bonds is 2. The third kappa shape index (κ3) is 2.80. The van der Waals surface area contributed by atoms with E-state index in [1.165, 1.54) is 18.2 Å². The Kier molecular flexibility index (Phi) is 3.92. The molecular formula is C13H18N2O4. The maximum Gasteiger partial charge on any atom is 0.261 e. The van der Waals surface area contributed by atoms with Crippen molar-refractivity contribution in [1.82, 2.24) is 4.90 Å². The van der Waals surface area contributed by atoms with E-state index in [0.29, 0.717) is 19.6 Å². The predicted octanol–water partition coefficient (Wildman–Crippen LogP) is 0.286. The predicted molar refractivity (Wildman–Crippen MR) is 69.1 cm³/mol. The standard InChI is InChI=1S/C13H18N2O4/c1-8-6-15(7-9(5-14)19-8)13(18)12-10(16)3-2-4-11(12)17/h2-4,8-9,16-17H,5-7,14H2,1H3. The van der Waals surface area contributed by atoms with E-state index in [4.69, 9.17) is 10.5 Å². The van der Waals surface area contributed by atoms with Crippen LogP contribution in [0.1, 0.15) is 17.3 Å². The van der Waals surface area contributed by atoms with Crippen LogP contribution in [-0.2, 0) is 4.74 Å². The summed E-state index contributed by atoms with van der Waals surface area (Å²) in [5, 5.41) is 19.4. The summed E-state index contributed by atoms with van der Waals surface area (Å²) in [6.07, 6.45) is -0.347. The summed E-state index contributed by atoms with van der Waals surface area (Å²) >= 11 is 0. The smallest absolute Gasteiger partial charge is 0.261 e. The molecule has 2 unspecified atom stereocenters. The number of morpholine rings is 1. The fourth-order valence-electron chi connectivity index (χ4n) is 2.25. The average Bonchev–Trinajstić information content (AvgIpc) is 2.37. The number of aromatic hydroxyl groups is 2. The lowest BCUT2D eigenvalue weighted by Gasteiger charge is -2.36. The minimum Gasteiger partial charge on any atom is -0.507 e. The highest BCUT2D eigenvalue weighted by Gasteiger charge is 2.30. The van der Waals surface area contributed by atoms with Gasteiger partial charge in [-0.1, -0.05) is 6.07 Å². The van der Waals surface area contributed by atoms with Gasteiger partial charge in [0.15, 0.2) is 0 Å². The molecule has 6 heteroatoms. The number of phenols is 2. The van der Waals surface area contributed by atoms with Crippen molar-refractivity contribution >= 4 is 5.91 Å². The summed E-state index contributed by atoms with van der Waals surface area (Å²) in [6, 6.07) is 4.22. The van der Waals surface area contributed by atoms with Crippen molar-refractivity contribution < 1.29 is 19.7 Å². The van der Waals surface area contributed by atoms with Gasteiger partial charge in [0.2, 0.25) is 0 Å². The molecule has 6 nitrogen and oxygen atoms in total. The molecular weight excluding hydrogens is 248 g/mol. The van der Waals surface area contributed by atoms with Gasteiger partial charge in [0.1, 0.15) is 17.1 Å². The van der Waals surface area contributed by atoms with Crippen LogP contribution >= 0.6 is 0 Å². The van der Waals surface area contributed by atoms with Gasteiger partial charge in [0, 0.05) is 19.6 Å². The summed E-state index contributed by atoms with van der Waals surface area (Å²) in [5.41, 5.74) is 5.49. The first-order chi connectivity index (χ1) is 9.02. The van der Waals surface area contributed by atoms with Crippen LogP contribution in [0.3, 0.4) is 0 Å². The molecule has 19 heavy (non-hydrogen) atoms. The van der Waals surface area contributed by atoms with Gasteiger partial charge in [-0.15, -0.1) is 0 Å². The van der Waals surface area contributed by atoms with Gasteiger partial charge < -0.3 is 25.6 Å². The zero-order valence-corrected chi connectivity index (χ0v) is 10.7. The number of carbonyl (C=O) groups excluding carboxylic acids is 1. The van der Waals surface area contributed by atoms with Crippen molar-refractivity contribution in [2.75, 3.05) is 19.6 Å². The van der Waals surface area contributed by atoms with Crippen molar-refractivity contribution in [2.24, 2.45) is 5.73 Å². The van der Waals surface area contributed by atoms with E-state index in [1.807, 2.05) is 6.92 Å². The van der Waals surface area contributed by atoms with Crippen molar-refractivity contribution in [2.45, 2.75) is 19.1 Å². The largest absolute Gasteiger partial charge is 0.507 e. The topological polar surface area (TPSA) is 96.0 Å². The van der Waals surface area contributed by atoms with Gasteiger partial charge in [-0.25, -0.2) is 0 Å². The van der Waals surface area contributed by atoms with E-state index >= 15 is 0 Å². The molecule has 4 N–H and O–H groups in total. The van der Waals surface area contributed by atoms with Gasteiger partial charge in [0.05, 0.1) is 12.2 Å². The number of nitrogens with two attached hydrogens (primary N) is 1. The normalized spacial score (nSPS) is 23.4. The van der Waals surface area contributed by atoms with Crippen molar-refractivity contribution in [1.29, 1.82) is 0 Å². The summed E-state index contributed by atoms with van der Waals surface area (Å²) in [5.74, 6) is -0.869. The molecule has 1 amide bonds. The minimum atomic E-state index is -0.413. The first-order valence-electron chi connectivity index (χ1n) is 6.18. The van der Waals surface area contributed by atoms with Gasteiger partial charge in [-0.2, -0.15) is 0 Å². The van der Waals surface area contributed by atoms with E-state index in [9.17, 15) is 15.0 Å². The Bertz CT molecular complexity index is 457. The second-order valence-corrected chi connectivity index (χ2v) is 4.69. The highest BCUT2D eigenvalue weighted by atomic mass is 16.5. The van der Waals surface area contributed by atoms with Crippen LogP contribution in [0.15, 0.2) is 18.2 Å². The Morgan fingerprint density at radius 2 is 2.05 bits per heavy atom. The van der Waals surface area contributed by atoms with Crippen molar-refractivity contribution in [3.63, 3.8) is 0 Å². The summed E-state index contributed by atoms with van der Waals surface area (Å²) in [4.78, 5) is 13.9. The zero-order valence-electron chi connectivity index (χ0n) is 10.7. The Morgan fingerprint density at radius 3 is 2.63 bits per heavy atom. The quantitative estimate of drug-likeness (QED) is 0.715. The Labute approximate surface area is 111 Å². The lowest BCUT2D eigenvalue weighted by Crippen LogP contribution is -2.51. The lowest BCUT2D eigenvalue weighted by atomic mass is 10.1. The van der Waals surface area contributed by atoms with Crippen LogP contribution in [0.2, 0.25) is 0 Å². The van der Waals surface area contributed by atoms with E-state index in [0.717, 1.165) is 0 Å². The number of ether oxygens (including phenoxy) is 1. The molecule has 0 aliphatic carbocycles. The highest BCUT2D eigenvalue weighted by molar-refractivity contribution is 5.99. The number of nitrogens with zero attached hydrogens (tertiary/aromatic N) is 1. The third-order valence-corrected chi connectivity index (χ3v) is 3.11. The molecule has 0 bridgehead atoms. The molecule has 1 aliphatic heterocycles. The molecule has 0 saturated carbocycles. The first kappa shape index (κ1) is 13.6. The van der Waals surface area contributed by atoms with Gasteiger partial charge in [0.25, 0.3) is 5.91 Å². The average molecular weight is 266 g/mol. The molecule has 104 valence electrons. The molecule has 0 aromatic heterocycles. The Morgan fingerprint density at radius 1 is 1.42 bits per heavy atom. The number of hydrogen-bond donors (Lipinski definition) is 3. The number of amides is 1. The maximum absolute atomic E-state index is 12.4. The molecule has 0 radical (unpaired) electrons. The van der Waals surface area contributed by atoms with Crippen LogP contribution < -0.4 is 5.73 Å². The molecule has 2 rings (SSSR count). The number of hydrogen-bond acceptors (Lipinski definition) is 5. The molecule has 1 aliphatic rings. The fourth-order valence-corrected chi connectivity index (χ4v) is 2.25. The summed E-state index contributed by atoms with van der Waals surface area (Å²) < 4.78 is 5.57. The van der Waals surface area contributed by atoms with Gasteiger partial charge in [-0.3, -0.25) is 4.79 Å². The van der Waals surface area contributed by atoms with Crippen molar-refractivity contribution in [3.8, 4) is 11.5 Å². The van der Waals surface area contributed by atoms with E-state index in [-0.39, 0.29) is 29.3 Å². The van der Waals surface area contributed by atoms with E-state index in [2.05, 4.69) is 0 Å². The first-order valence-corrected chi connectivity index (χ1v) is 6.18. The van der Waals surface area contributed by atoms with E-state index < -0.39 is 5.91 Å². The molecule has 2 atom stereocenters. The molecule has 1 aromatic rings. The third-order valence-electron chi connectivity index (χ3n) is 3.11. The monoisotopic (exact) mass is 266 g/mol. The zero-order chi connectivity index (χ0) is 14.0. The number of benzene rings is 1. The molecule has 0 spiro atoms. The second-order valence-electron chi connectivity index (χ2n) is 4.69. The van der Waals surface area contributed by atoms with Crippen LogP contribution in [-0.4, -0.2) is 52.9 Å². The number of carbonyl (C=O) groups is 1. The van der Waals surface area contributed by atoms with Gasteiger partial charge >= 0.3 is 0 Å². The molecule has 1 saturated heterocycles. The molecule has 1 heterocycles. The van der Waals surface area contributed by atoms with Crippen LogP contribution in [0.25, 0.3) is 0 Å². The Hall–Kier alpha value is -1.79. The fraction of sp³-hybridized carbons (Fsp3) is 0.462. The second kappa shape index (κ2) is 5.46. The maximum atomic E-state index is 12.4. The van der Waals surface area contributed by atoms with Crippen LogP contribution in [0, 0.1) is 0 Å².